The number of hydrogen-bond acceptors (Lipinski definition) is 3. The lowest BCUT2D eigenvalue weighted by molar-refractivity contribution is 0.727. The molecule has 0 bridgehead atoms. The number of thioether (sulfide) groups is 1. The fourth-order valence-electron chi connectivity index (χ4n) is 2.23. The Morgan fingerprint density at radius 3 is 3.06 bits per heavy atom. The van der Waals surface area contributed by atoms with E-state index in [2.05, 4.69) is 33.8 Å². The molecule has 98 valence electrons. The van der Waals surface area contributed by atoms with E-state index in [1.54, 1.807) is 0 Å². The number of benzene rings is 1. The number of nitrogens with zero attached hydrogens (tertiary/aromatic N) is 1. The van der Waals surface area contributed by atoms with Gasteiger partial charge in [-0.25, -0.2) is 0 Å². The molecule has 5 heteroatoms. The van der Waals surface area contributed by atoms with Gasteiger partial charge in [0.2, 0.25) is 0 Å². The summed E-state index contributed by atoms with van der Waals surface area (Å²) in [4.78, 5) is 2.35. The summed E-state index contributed by atoms with van der Waals surface area (Å²) in [5.74, 6) is 1.27. The molecule has 0 saturated carbocycles. The van der Waals surface area contributed by atoms with E-state index in [4.69, 9.17) is 11.1 Å². The Hall–Kier alpha value is -0.680. The second-order valence-corrected chi connectivity index (χ2v) is 6.66. The number of hydrogen-bond donors (Lipinski definition) is 2. The first-order chi connectivity index (χ1) is 8.63. The van der Waals surface area contributed by atoms with Crippen molar-refractivity contribution in [3.63, 3.8) is 0 Å². The standard InChI is InChI=1S/C13H18BrN3S/c1-2-9-8-17(6-7-18-9)11-5-3-4-10(14)12(11)13(15)16/h3-5,9H,2,6-8H2,1H3,(H3,15,16). The van der Waals surface area contributed by atoms with E-state index in [1.165, 1.54) is 6.42 Å². The molecule has 0 spiro atoms. The molecule has 1 aromatic rings. The lowest BCUT2D eigenvalue weighted by atomic mass is 10.1. The Morgan fingerprint density at radius 1 is 1.61 bits per heavy atom. The highest BCUT2D eigenvalue weighted by atomic mass is 79.9. The minimum atomic E-state index is 0.128. The number of rotatable bonds is 3. The van der Waals surface area contributed by atoms with Crippen LogP contribution in [0.1, 0.15) is 18.9 Å². The molecular weight excluding hydrogens is 310 g/mol. The third-order valence-corrected chi connectivity index (χ3v) is 5.23. The van der Waals surface area contributed by atoms with Gasteiger partial charge in [0.05, 0.1) is 5.56 Å². The first-order valence-electron chi connectivity index (χ1n) is 6.13. The summed E-state index contributed by atoms with van der Waals surface area (Å²) < 4.78 is 0.902. The highest BCUT2D eigenvalue weighted by Gasteiger charge is 2.22. The predicted molar refractivity (Wildman–Crippen MR) is 83.9 cm³/mol. The minimum absolute atomic E-state index is 0.128. The SMILES string of the molecule is CCC1CN(c2cccc(Br)c2C(=N)N)CCS1. The van der Waals surface area contributed by atoms with E-state index < -0.39 is 0 Å². The molecule has 3 N–H and O–H groups in total. The van der Waals surface area contributed by atoms with Gasteiger partial charge in [-0.15, -0.1) is 0 Å². The zero-order valence-electron chi connectivity index (χ0n) is 10.4. The normalized spacial score (nSPS) is 19.9. The number of anilines is 1. The summed E-state index contributed by atoms with van der Waals surface area (Å²) in [6.45, 7) is 4.30. The van der Waals surface area contributed by atoms with Crippen LogP contribution in [-0.4, -0.2) is 29.9 Å². The monoisotopic (exact) mass is 327 g/mol. The van der Waals surface area contributed by atoms with Crippen LogP contribution < -0.4 is 10.6 Å². The maximum atomic E-state index is 7.75. The van der Waals surface area contributed by atoms with Gasteiger partial charge >= 0.3 is 0 Å². The van der Waals surface area contributed by atoms with Crippen LogP contribution in [-0.2, 0) is 0 Å². The fraction of sp³-hybridized carbons (Fsp3) is 0.462. The summed E-state index contributed by atoms with van der Waals surface area (Å²) in [5.41, 5.74) is 7.61. The summed E-state index contributed by atoms with van der Waals surface area (Å²) in [5, 5.41) is 8.42. The molecule has 3 nitrogen and oxygen atoms in total. The summed E-state index contributed by atoms with van der Waals surface area (Å²) in [7, 11) is 0. The predicted octanol–water partition coefficient (Wildman–Crippen LogP) is 3.06. The first kappa shape index (κ1) is 13.7. The molecular formula is C13H18BrN3S. The topological polar surface area (TPSA) is 53.1 Å². The van der Waals surface area contributed by atoms with Crippen molar-refractivity contribution < 1.29 is 0 Å². The Bertz CT molecular complexity index is 450. The van der Waals surface area contributed by atoms with Crippen molar-refractivity contribution in [3.8, 4) is 0 Å². The number of nitrogens with one attached hydrogen (secondary N) is 1. The van der Waals surface area contributed by atoms with Gasteiger partial charge in [-0.2, -0.15) is 11.8 Å². The molecule has 0 aliphatic carbocycles. The van der Waals surface area contributed by atoms with Crippen LogP contribution in [0.25, 0.3) is 0 Å². The van der Waals surface area contributed by atoms with E-state index >= 15 is 0 Å². The van der Waals surface area contributed by atoms with Gasteiger partial charge in [-0.05, 0) is 34.5 Å². The Balaban J connectivity index is 2.32. The van der Waals surface area contributed by atoms with E-state index in [0.29, 0.717) is 5.25 Å². The van der Waals surface area contributed by atoms with Crippen molar-refractivity contribution in [2.75, 3.05) is 23.7 Å². The van der Waals surface area contributed by atoms with Gasteiger partial charge in [0.15, 0.2) is 0 Å². The van der Waals surface area contributed by atoms with E-state index in [-0.39, 0.29) is 5.84 Å². The van der Waals surface area contributed by atoms with Crippen molar-refractivity contribution in [1.82, 2.24) is 0 Å². The van der Waals surface area contributed by atoms with Crippen LogP contribution in [0, 0.1) is 5.41 Å². The van der Waals surface area contributed by atoms with Crippen LogP contribution in [0.15, 0.2) is 22.7 Å². The van der Waals surface area contributed by atoms with Gasteiger partial charge in [-0.1, -0.05) is 13.0 Å². The van der Waals surface area contributed by atoms with Crippen molar-refractivity contribution >= 4 is 39.2 Å². The van der Waals surface area contributed by atoms with Crippen LogP contribution in [0.3, 0.4) is 0 Å². The quantitative estimate of drug-likeness (QED) is 0.662. The fourth-order valence-corrected chi connectivity index (χ4v) is 3.98. The van der Waals surface area contributed by atoms with Gasteiger partial charge in [-0.3, -0.25) is 5.41 Å². The maximum Gasteiger partial charge on any atom is 0.126 e. The average Bonchev–Trinajstić information content (AvgIpc) is 2.38. The molecule has 1 aromatic carbocycles. The average molecular weight is 328 g/mol. The smallest absolute Gasteiger partial charge is 0.126 e. The zero-order valence-corrected chi connectivity index (χ0v) is 12.9. The second-order valence-electron chi connectivity index (χ2n) is 4.39. The van der Waals surface area contributed by atoms with Crippen molar-refractivity contribution in [3.05, 3.63) is 28.2 Å². The second kappa shape index (κ2) is 5.97. The van der Waals surface area contributed by atoms with Crippen molar-refractivity contribution in [2.24, 2.45) is 5.73 Å². The Morgan fingerprint density at radius 2 is 2.39 bits per heavy atom. The van der Waals surface area contributed by atoms with Crippen LogP contribution in [0.2, 0.25) is 0 Å². The molecule has 18 heavy (non-hydrogen) atoms. The number of nitrogen functional groups attached to an aromatic ring is 1. The minimum Gasteiger partial charge on any atom is -0.384 e. The third kappa shape index (κ3) is 2.83. The van der Waals surface area contributed by atoms with Crippen LogP contribution >= 0.6 is 27.7 Å². The van der Waals surface area contributed by atoms with Crippen molar-refractivity contribution in [2.45, 2.75) is 18.6 Å². The number of amidine groups is 1. The molecule has 0 radical (unpaired) electrons. The van der Waals surface area contributed by atoms with Crippen LogP contribution in [0.4, 0.5) is 5.69 Å². The Labute approximate surface area is 121 Å². The largest absolute Gasteiger partial charge is 0.384 e. The molecule has 1 unspecified atom stereocenters. The summed E-state index contributed by atoms with van der Waals surface area (Å²) >= 11 is 5.54. The van der Waals surface area contributed by atoms with Gasteiger partial charge in [0, 0.05) is 34.3 Å². The molecule has 1 aliphatic heterocycles. The molecule has 1 saturated heterocycles. The van der Waals surface area contributed by atoms with Crippen LogP contribution in [0.5, 0.6) is 0 Å². The molecule has 0 aromatic heterocycles. The lowest BCUT2D eigenvalue weighted by Gasteiger charge is -2.35. The summed E-state index contributed by atoms with van der Waals surface area (Å²) in [6.07, 6.45) is 1.19. The van der Waals surface area contributed by atoms with E-state index in [1.807, 2.05) is 23.9 Å². The molecule has 2 rings (SSSR count). The van der Waals surface area contributed by atoms with Gasteiger partial charge in [0.1, 0.15) is 5.84 Å². The molecule has 1 atom stereocenters. The third-order valence-electron chi connectivity index (χ3n) is 3.20. The van der Waals surface area contributed by atoms with E-state index in [0.717, 1.165) is 34.6 Å². The van der Waals surface area contributed by atoms with E-state index in [9.17, 15) is 0 Å². The lowest BCUT2D eigenvalue weighted by Crippen LogP contribution is -2.38. The molecule has 1 fully saturated rings. The highest BCUT2D eigenvalue weighted by molar-refractivity contribution is 9.10. The maximum absolute atomic E-state index is 7.75. The van der Waals surface area contributed by atoms with Gasteiger partial charge < -0.3 is 10.6 Å². The molecule has 0 amide bonds. The zero-order chi connectivity index (χ0) is 13.1. The highest BCUT2D eigenvalue weighted by Crippen LogP contribution is 2.31. The molecule has 1 aliphatic rings. The first-order valence-corrected chi connectivity index (χ1v) is 7.97. The molecule has 1 heterocycles. The summed E-state index contributed by atoms with van der Waals surface area (Å²) in [6, 6.07) is 6.01. The Kier molecular flexibility index (Phi) is 4.56. The number of halogens is 1. The number of nitrogens with two attached hydrogens (primary N) is 1. The van der Waals surface area contributed by atoms with Gasteiger partial charge in [0.25, 0.3) is 0 Å². The van der Waals surface area contributed by atoms with Crippen molar-refractivity contribution in [1.29, 1.82) is 5.41 Å².